The minimum atomic E-state index is -0.504. The van der Waals surface area contributed by atoms with Crippen LogP contribution in [0.2, 0.25) is 0 Å². The van der Waals surface area contributed by atoms with Crippen molar-refractivity contribution in [2.45, 2.75) is 39.3 Å². The van der Waals surface area contributed by atoms with Crippen LogP contribution < -0.4 is 0 Å². The monoisotopic (exact) mass is 258 g/mol. The summed E-state index contributed by atoms with van der Waals surface area (Å²) in [4.78, 5) is 26.6. The highest BCUT2D eigenvalue weighted by Gasteiger charge is 2.32. The fourth-order valence-corrected chi connectivity index (χ4v) is 1.84. The second-order valence-electron chi connectivity index (χ2n) is 5.44. The molecule has 0 bridgehead atoms. The van der Waals surface area contributed by atoms with Gasteiger partial charge >= 0.3 is 12.2 Å². The van der Waals surface area contributed by atoms with Crippen LogP contribution in [-0.4, -0.2) is 60.4 Å². The molecule has 2 amide bonds. The first-order valence-corrected chi connectivity index (χ1v) is 6.07. The molecule has 0 spiro atoms. The van der Waals surface area contributed by atoms with Crippen molar-refractivity contribution in [2.24, 2.45) is 0 Å². The van der Waals surface area contributed by atoms with Crippen LogP contribution in [0.3, 0.4) is 0 Å². The predicted octanol–water partition coefficient (Wildman–Crippen LogP) is 1.69. The molecule has 0 aromatic rings. The van der Waals surface area contributed by atoms with E-state index in [4.69, 9.17) is 4.74 Å². The normalized spacial score (nSPS) is 20.6. The van der Waals surface area contributed by atoms with Crippen LogP contribution in [0.5, 0.6) is 0 Å². The molecule has 18 heavy (non-hydrogen) atoms. The summed E-state index contributed by atoms with van der Waals surface area (Å²) in [6.07, 6.45) is -0.690. The predicted molar refractivity (Wildman–Crippen MR) is 66.4 cm³/mol. The van der Waals surface area contributed by atoms with Crippen molar-refractivity contribution in [2.75, 3.05) is 26.7 Å². The van der Waals surface area contributed by atoms with Crippen LogP contribution in [0.4, 0.5) is 9.59 Å². The molecule has 0 aromatic heterocycles. The molecule has 1 aliphatic rings. The molecular formula is C12H22N2O4. The lowest BCUT2D eigenvalue weighted by Crippen LogP contribution is -2.56. The molecule has 0 saturated carbocycles. The Morgan fingerprint density at radius 2 is 1.78 bits per heavy atom. The number of nitrogens with zero attached hydrogens (tertiary/aromatic N) is 2. The lowest BCUT2D eigenvalue weighted by molar-refractivity contribution is 0.00156. The van der Waals surface area contributed by atoms with Crippen molar-refractivity contribution in [3.8, 4) is 0 Å². The van der Waals surface area contributed by atoms with Crippen LogP contribution >= 0.6 is 0 Å². The standard InChI is InChI=1S/C12H22N2O4/c1-9-8-13(10(15)17-5)6-7-14(9)11(16)18-12(2,3)4/h9H,6-8H2,1-5H3/t9-/m0/s1. The molecule has 1 aliphatic heterocycles. The zero-order valence-electron chi connectivity index (χ0n) is 11.7. The highest BCUT2D eigenvalue weighted by atomic mass is 16.6. The van der Waals surface area contributed by atoms with Crippen LogP contribution in [0, 0.1) is 0 Å². The number of hydrogen-bond acceptors (Lipinski definition) is 4. The highest BCUT2D eigenvalue weighted by molar-refractivity contribution is 5.70. The Kier molecular flexibility index (Phi) is 4.43. The third-order valence-corrected chi connectivity index (χ3v) is 2.69. The minimum Gasteiger partial charge on any atom is -0.453 e. The molecule has 6 heteroatoms. The molecule has 1 saturated heterocycles. The van der Waals surface area contributed by atoms with Crippen LogP contribution in [-0.2, 0) is 9.47 Å². The van der Waals surface area contributed by atoms with E-state index in [9.17, 15) is 9.59 Å². The topological polar surface area (TPSA) is 59.1 Å². The fourth-order valence-electron chi connectivity index (χ4n) is 1.84. The number of hydrogen-bond donors (Lipinski definition) is 0. The van der Waals surface area contributed by atoms with Gasteiger partial charge < -0.3 is 19.3 Å². The third kappa shape index (κ3) is 3.78. The first-order valence-electron chi connectivity index (χ1n) is 6.07. The summed E-state index contributed by atoms with van der Waals surface area (Å²) in [5.41, 5.74) is -0.504. The van der Waals surface area contributed by atoms with E-state index >= 15 is 0 Å². The molecule has 6 nitrogen and oxygen atoms in total. The van der Waals surface area contributed by atoms with E-state index in [1.54, 1.807) is 9.80 Å². The summed E-state index contributed by atoms with van der Waals surface area (Å²) < 4.78 is 9.99. The van der Waals surface area contributed by atoms with Gasteiger partial charge in [0, 0.05) is 19.6 Å². The quantitative estimate of drug-likeness (QED) is 0.663. The number of rotatable bonds is 0. The Bertz CT molecular complexity index is 325. The Hall–Kier alpha value is -1.46. The van der Waals surface area contributed by atoms with Crippen molar-refractivity contribution in [3.63, 3.8) is 0 Å². The van der Waals surface area contributed by atoms with E-state index in [-0.39, 0.29) is 18.2 Å². The van der Waals surface area contributed by atoms with Crippen molar-refractivity contribution >= 4 is 12.2 Å². The molecule has 1 fully saturated rings. The average Bonchev–Trinajstić information content (AvgIpc) is 2.25. The van der Waals surface area contributed by atoms with Gasteiger partial charge in [-0.3, -0.25) is 0 Å². The highest BCUT2D eigenvalue weighted by Crippen LogP contribution is 2.15. The summed E-state index contributed by atoms with van der Waals surface area (Å²) in [6.45, 7) is 8.78. The number of methoxy groups -OCH3 is 1. The maximum atomic E-state index is 11.9. The Morgan fingerprint density at radius 1 is 1.17 bits per heavy atom. The second-order valence-corrected chi connectivity index (χ2v) is 5.44. The third-order valence-electron chi connectivity index (χ3n) is 2.69. The molecule has 1 rings (SSSR count). The summed E-state index contributed by atoms with van der Waals surface area (Å²) in [7, 11) is 1.35. The van der Waals surface area contributed by atoms with E-state index in [1.165, 1.54) is 7.11 Å². The Balaban J connectivity index is 2.57. The van der Waals surface area contributed by atoms with Gasteiger partial charge in [-0.1, -0.05) is 0 Å². The molecule has 1 heterocycles. The van der Waals surface area contributed by atoms with Crippen molar-refractivity contribution in [1.82, 2.24) is 9.80 Å². The number of carbonyl (C=O) groups is 2. The zero-order chi connectivity index (χ0) is 13.9. The van der Waals surface area contributed by atoms with Gasteiger partial charge in [-0.05, 0) is 27.7 Å². The smallest absolute Gasteiger partial charge is 0.410 e. The van der Waals surface area contributed by atoms with Gasteiger partial charge in [0.05, 0.1) is 13.2 Å². The van der Waals surface area contributed by atoms with Crippen molar-refractivity contribution in [3.05, 3.63) is 0 Å². The largest absolute Gasteiger partial charge is 0.453 e. The van der Waals surface area contributed by atoms with E-state index in [2.05, 4.69) is 4.74 Å². The van der Waals surface area contributed by atoms with Crippen LogP contribution in [0.25, 0.3) is 0 Å². The maximum Gasteiger partial charge on any atom is 0.410 e. The summed E-state index contributed by atoms with van der Waals surface area (Å²) >= 11 is 0. The number of amides is 2. The van der Waals surface area contributed by atoms with Gasteiger partial charge in [0.15, 0.2) is 0 Å². The molecule has 0 N–H and O–H groups in total. The van der Waals surface area contributed by atoms with Gasteiger partial charge in [0.25, 0.3) is 0 Å². The number of piperazine rings is 1. The van der Waals surface area contributed by atoms with E-state index in [1.807, 2.05) is 27.7 Å². The average molecular weight is 258 g/mol. The molecule has 0 aromatic carbocycles. The molecular weight excluding hydrogens is 236 g/mol. The van der Waals surface area contributed by atoms with Crippen molar-refractivity contribution < 1.29 is 19.1 Å². The number of ether oxygens (including phenoxy) is 2. The molecule has 1 atom stereocenters. The maximum absolute atomic E-state index is 11.9. The lowest BCUT2D eigenvalue weighted by atomic mass is 10.2. The van der Waals surface area contributed by atoms with Gasteiger partial charge in [-0.2, -0.15) is 0 Å². The second kappa shape index (κ2) is 5.46. The molecule has 104 valence electrons. The summed E-state index contributed by atoms with van der Waals surface area (Å²) in [5, 5.41) is 0. The first kappa shape index (κ1) is 14.6. The van der Waals surface area contributed by atoms with Gasteiger partial charge in [-0.15, -0.1) is 0 Å². The van der Waals surface area contributed by atoms with Crippen molar-refractivity contribution in [1.29, 1.82) is 0 Å². The van der Waals surface area contributed by atoms with E-state index < -0.39 is 5.60 Å². The zero-order valence-corrected chi connectivity index (χ0v) is 11.7. The Morgan fingerprint density at radius 3 is 2.22 bits per heavy atom. The lowest BCUT2D eigenvalue weighted by Gasteiger charge is -2.39. The summed E-state index contributed by atoms with van der Waals surface area (Å²) in [6, 6.07) is -0.0762. The van der Waals surface area contributed by atoms with Crippen LogP contribution in [0.1, 0.15) is 27.7 Å². The van der Waals surface area contributed by atoms with E-state index in [0.717, 1.165) is 0 Å². The fraction of sp³-hybridized carbons (Fsp3) is 0.833. The SMILES string of the molecule is COC(=O)N1CCN(C(=O)OC(C)(C)C)[C@@H](C)C1. The summed E-state index contributed by atoms with van der Waals surface area (Å²) in [5.74, 6) is 0. The first-order chi connectivity index (χ1) is 8.24. The van der Waals surface area contributed by atoms with Gasteiger partial charge in [0.2, 0.25) is 0 Å². The molecule has 0 aliphatic carbocycles. The minimum absolute atomic E-state index is 0.0762. The van der Waals surface area contributed by atoms with E-state index in [0.29, 0.717) is 19.6 Å². The molecule has 0 unspecified atom stereocenters. The number of carbonyl (C=O) groups excluding carboxylic acids is 2. The van der Waals surface area contributed by atoms with Gasteiger partial charge in [-0.25, -0.2) is 9.59 Å². The van der Waals surface area contributed by atoms with Gasteiger partial charge in [0.1, 0.15) is 5.60 Å². The van der Waals surface area contributed by atoms with Crippen LogP contribution in [0.15, 0.2) is 0 Å². The Labute approximate surface area is 108 Å². The molecule has 0 radical (unpaired) electrons.